The zero-order valence-electron chi connectivity index (χ0n) is 14.0. The van der Waals surface area contributed by atoms with E-state index in [9.17, 15) is 0 Å². The third-order valence-corrected chi connectivity index (χ3v) is 4.17. The van der Waals surface area contributed by atoms with E-state index in [2.05, 4.69) is 56.7 Å². The van der Waals surface area contributed by atoms with E-state index in [0.29, 0.717) is 0 Å². The first-order valence-electron chi connectivity index (χ1n) is 8.03. The van der Waals surface area contributed by atoms with Crippen LogP contribution >= 0.6 is 0 Å². The van der Waals surface area contributed by atoms with Gasteiger partial charge >= 0.3 is 0 Å². The zero-order valence-corrected chi connectivity index (χ0v) is 14.0. The molecule has 0 aromatic rings. The highest BCUT2D eigenvalue weighted by atomic mass is 15.3. The second-order valence-corrected chi connectivity index (χ2v) is 7.33. The second kappa shape index (κ2) is 7.61. The highest BCUT2D eigenvalue weighted by Crippen LogP contribution is 2.10. The summed E-state index contributed by atoms with van der Waals surface area (Å²) < 4.78 is 0. The van der Waals surface area contributed by atoms with Crippen LogP contribution in [-0.2, 0) is 0 Å². The minimum Gasteiger partial charge on any atom is -0.312 e. The van der Waals surface area contributed by atoms with Crippen molar-refractivity contribution in [3.8, 4) is 0 Å². The van der Waals surface area contributed by atoms with Gasteiger partial charge in [0.15, 0.2) is 0 Å². The van der Waals surface area contributed by atoms with Gasteiger partial charge in [0.25, 0.3) is 0 Å². The molecule has 0 aliphatic carbocycles. The van der Waals surface area contributed by atoms with Crippen LogP contribution in [0, 0.1) is 5.92 Å². The fourth-order valence-electron chi connectivity index (χ4n) is 2.63. The van der Waals surface area contributed by atoms with Gasteiger partial charge in [0.1, 0.15) is 0 Å². The van der Waals surface area contributed by atoms with Crippen molar-refractivity contribution in [2.75, 3.05) is 39.3 Å². The summed E-state index contributed by atoms with van der Waals surface area (Å²) in [6.45, 7) is 21.0. The van der Waals surface area contributed by atoms with Crippen molar-refractivity contribution in [2.45, 2.75) is 59.5 Å². The maximum absolute atomic E-state index is 3.61. The summed E-state index contributed by atoms with van der Waals surface area (Å²) >= 11 is 0. The Hall–Kier alpha value is -0.120. The van der Waals surface area contributed by atoms with E-state index >= 15 is 0 Å². The molecule has 0 aromatic heterocycles. The van der Waals surface area contributed by atoms with Crippen molar-refractivity contribution in [2.24, 2.45) is 5.92 Å². The summed E-state index contributed by atoms with van der Waals surface area (Å²) in [6.07, 6.45) is 1.27. The molecule has 0 radical (unpaired) electrons. The predicted molar refractivity (Wildman–Crippen MR) is 84.7 cm³/mol. The Morgan fingerprint density at radius 3 is 2.11 bits per heavy atom. The van der Waals surface area contributed by atoms with Crippen LogP contribution in [0.2, 0.25) is 0 Å². The van der Waals surface area contributed by atoms with Gasteiger partial charge < -0.3 is 10.2 Å². The third kappa shape index (κ3) is 6.73. The standard InChI is InChI=1S/C16H35N3/c1-7-15(3)19-10-8-18(9-11-19)13-14(2)12-17-16(4,5)6/h14-15,17H,7-13H2,1-6H3. The van der Waals surface area contributed by atoms with Crippen molar-refractivity contribution in [1.82, 2.24) is 15.1 Å². The summed E-state index contributed by atoms with van der Waals surface area (Å²) in [5.74, 6) is 0.731. The minimum absolute atomic E-state index is 0.240. The molecule has 0 spiro atoms. The van der Waals surface area contributed by atoms with Gasteiger partial charge in [-0.15, -0.1) is 0 Å². The second-order valence-electron chi connectivity index (χ2n) is 7.33. The Labute approximate surface area is 120 Å². The Kier molecular flexibility index (Phi) is 6.78. The first kappa shape index (κ1) is 16.9. The summed E-state index contributed by atoms with van der Waals surface area (Å²) in [5.41, 5.74) is 0.240. The lowest BCUT2D eigenvalue weighted by Gasteiger charge is -2.39. The molecule has 0 saturated carbocycles. The molecule has 1 rings (SSSR count). The fraction of sp³-hybridized carbons (Fsp3) is 1.00. The average molecular weight is 269 g/mol. The molecule has 0 amide bonds. The maximum Gasteiger partial charge on any atom is 0.0113 e. The van der Waals surface area contributed by atoms with Gasteiger partial charge in [0.2, 0.25) is 0 Å². The van der Waals surface area contributed by atoms with Crippen LogP contribution in [0.25, 0.3) is 0 Å². The summed E-state index contributed by atoms with van der Waals surface area (Å²) in [5, 5.41) is 3.61. The molecule has 114 valence electrons. The Balaban J connectivity index is 2.21. The van der Waals surface area contributed by atoms with E-state index < -0.39 is 0 Å². The van der Waals surface area contributed by atoms with E-state index in [0.717, 1.165) is 18.5 Å². The average Bonchev–Trinajstić information content (AvgIpc) is 2.35. The molecule has 1 aliphatic heterocycles. The normalized spacial score (nSPS) is 22.4. The van der Waals surface area contributed by atoms with Crippen LogP contribution in [0.4, 0.5) is 0 Å². The molecule has 1 saturated heterocycles. The van der Waals surface area contributed by atoms with Crippen LogP contribution in [-0.4, -0.2) is 60.6 Å². The SMILES string of the molecule is CCC(C)N1CCN(CC(C)CNC(C)(C)C)CC1. The molecule has 1 heterocycles. The Bertz CT molecular complexity index is 239. The van der Waals surface area contributed by atoms with Crippen molar-refractivity contribution in [3.05, 3.63) is 0 Å². The molecule has 3 heteroatoms. The lowest BCUT2D eigenvalue weighted by atomic mass is 10.1. The van der Waals surface area contributed by atoms with Crippen LogP contribution in [0.1, 0.15) is 48.0 Å². The van der Waals surface area contributed by atoms with Gasteiger partial charge in [-0.25, -0.2) is 0 Å². The molecule has 1 N–H and O–H groups in total. The summed E-state index contributed by atoms with van der Waals surface area (Å²) in [6, 6.07) is 0.752. The molecule has 3 nitrogen and oxygen atoms in total. The van der Waals surface area contributed by atoms with Crippen molar-refractivity contribution in [3.63, 3.8) is 0 Å². The molecule has 0 aromatic carbocycles. The quantitative estimate of drug-likeness (QED) is 0.799. The number of hydrogen-bond donors (Lipinski definition) is 1. The van der Waals surface area contributed by atoms with Gasteiger partial charge in [-0.05, 0) is 46.6 Å². The largest absolute Gasteiger partial charge is 0.312 e. The molecule has 0 bridgehead atoms. The van der Waals surface area contributed by atoms with E-state index in [1.165, 1.54) is 39.1 Å². The van der Waals surface area contributed by atoms with Crippen LogP contribution in [0.5, 0.6) is 0 Å². The smallest absolute Gasteiger partial charge is 0.0113 e. The van der Waals surface area contributed by atoms with Crippen LogP contribution < -0.4 is 5.32 Å². The van der Waals surface area contributed by atoms with E-state index in [4.69, 9.17) is 0 Å². The van der Waals surface area contributed by atoms with Gasteiger partial charge in [-0.1, -0.05) is 13.8 Å². The lowest BCUT2D eigenvalue weighted by molar-refractivity contribution is 0.0908. The van der Waals surface area contributed by atoms with E-state index in [1.54, 1.807) is 0 Å². The van der Waals surface area contributed by atoms with Gasteiger partial charge in [0.05, 0.1) is 0 Å². The molecule has 1 aliphatic rings. The number of piperazine rings is 1. The lowest BCUT2D eigenvalue weighted by Crippen LogP contribution is -2.51. The number of rotatable bonds is 6. The van der Waals surface area contributed by atoms with Gasteiger partial charge in [0, 0.05) is 44.3 Å². The zero-order chi connectivity index (χ0) is 14.5. The number of nitrogens with zero attached hydrogens (tertiary/aromatic N) is 2. The Morgan fingerprint density at radius 2 is 1.63 bits per heavy atom. The molecular formula is C16H35N3. The number of hydrogen-bond acceptors (Lipinski definition) is 3. The first-order chi connectivity index (χ1) is 8.81. The first-order valence-corrected chi connectivity index (χ1v) is 8.03. The highest BCUT2D eigenvalue weighted by molar-refractivity contribution is 4.78. The monoisotopic (exact) mass is 269 g/mol. The minimum atomic E-state index is 0.240. The van der Waals surface area contributed by atoms with E-state index in [-0.39, 0.29) is 5.54 Å². The molecule has 2 unspecified atom stereocenters. The molecular weight excluding hydrogens is 234 g/mol. The van der Waals surface area contributed by atoms with Crippen molar-refractivity contribution in [1.29, 1.82) is 0 Å². The van der Waals surface area contributed by atoms with Crippen LogP contribution in [0.3, 0.4) is 0 Å². The Morgan fingerprint density at radius 1 is 1.05 bits per heavy atom. The van der Waals surface area contributed by atoms with Crippen LogP contribution in [0.15, 0.2) is 0 Å². The van der Waals surface area contributed by atoms with Crippen molar-refractivity contribution >= 4 is 0 Å². The fourth-order valence-corrected chi connectivity index (χ4v) is 2.63. The molecule has 1 fully saturated rings. The highest BCUT2D eigenvalue weighted by Gasteiger charge is 2.21. The number of nitrogens with one attached hydrogen (secondary N) is 1. The third-order valence-electron chi connectivity index (χ3n) is 4.17. The predicted octanol–water partition coefficient (Wildman–Crippen LogP) is 2.43. The van der Waals surface area contributed by atoms with E-state index in [1.807, 2.05) is 0 Å². The topological polar surface area (TPSA) is 18.5 Å². The molecule has 2 atom stereocenters. The van der Waals surface area contributed by atoms with Crippen molar-refractivity contribution < 1.29 is 0 Å². The van der Waals surface area contributed by atoms with Gasteiger partial charge in [-0.2, -0.15) is 0 Å². The summed E-state index contributed by atoms with van der Waals surface area (Å²) in [7, 11) is 0. The maximum atomic E-state index is 3.61. The summed E-state index contributed by atoms with van der Waals surface area (Å²) in [4.78, 5) is 5.27. The molecule has 19 heavy (non-hydrogen) atoms. The van der Waals surface area contributed by atoms with Gasteiger partial charge in [-0.3, -0.25) is 4.90 Å².